The minimum Gasteiger partial charge on any atom is -0.273 e. The van der Waals surface area contributed by atoms with Crippen molar-refractivity contribution in [3.63, 3.8) is 0 Å². The van der Waals surface area contributed by atoms with E-state index in [0.717, 1.165) is 58.3 Å². The molecule has 0 aliphatic heterocycles. The molecule has 0 radical (unpaired) electrons. The molecule has 4 heteroatoms. The van der Waals surface area contributed by atoms with Crippen LogP contribution in [0, 0.1) is 23.2 Å². The Kier molecular flexibility index (Phi) is 4.62. The van der Waals surface area contributed by atoms with Gasteiger partial charge in [-0.25, -0.2) is 5.43 Å². The average Bonchev–Trinajstić information content (AvgIpc) is 2.69. The third-order valence-corrected chi connectivity index (χ3v) is 7.48. The number of carbonyl (C=O) groups excluding carboxylic acids is 1. The van der Waals surface area contributed by atoms with E-state index in [-0.39, 0.29) is 11.3 Å². The number of hydrogen-bond donors (Lipinski definition) is 1. The Bertz CT molecular complexity index is 869. The fraction of sp³-hybridized carbons (Fsp3) is 0.417. The molecule has 1 N–H and O–H groups in total. The number of amides is 1. The molecule has 3 nitrogen and oxygen atoms in total. The molecule has 0 aromatic heterocycles. The fourth-order valence-electron chi connectivity index (χ4n) is 6.11. The smallest absolute Gasteiger partial charge is 0.246 e. The molecule has 2 aromatic carbocycles. The lowest BCUT2D eigenvalue weighted by molar-refractivity contribution is -0.146. The van der Waals surface area contributed by atoms with Gasteiger partial charge in [0.1, 0.15) is 0 Å². The first-order chi connectivity index (χ1) is 13.6. The first-order valence-corrected chi connectivity index (χ1v) is 11.1. The molecule has 0 spiro atoms. The monoisotopic (exact) mass is 436 g/mol. The van der Waals surface area contributed by atoms with Crippen molar-refractivity contribution in [2.45, 2.75) is 38.5 Å². The second kappa shape index (κ2) is 7.14. The highest BCUT2D eigenvalue weighted by Crippen LogP contribution is 2.60. The minimum atomic E-state index is -0.181. The van der Waals surface area contributed by atoms with Crippen LogP contribution in [-0.4, -0.2) is 11.6 Å². The van der Waals surface area contributed by atoms with E-state index < -0.39 is 0 Å². The van der Waals surface area contributed by atoms with Crippen molar-refractivity contribution in [3.05, 3.63) is 70.2 Å². The highest BCUT2D eigenvalue weighted by molar-refractivity contribution is 9.10. The van der Waals surface area contributed by atoms with Crippen LogP contribution in [0.2, 0.25) is 0 Å². The van der Waals surface area contributed by atoms with Crippen molar-refractivity contribution in [3.8, 4) is 0 Å². The van der Waals surface area contributed by atoms with Crippen molar-refractivity contribution in [1.82, 2.24) is 5.43 Å². The SMILES string of the molecule is O=C(N/N=C(\c1ccccc1)c1ccc(Br)cc1)C12CC3CC(CC(C3)C1)C2. The van der Waals surface area contributed by atoms with Crippen LogP contribution >= 0.6 is 15.9 Å². The molecule has 28 heavy (non-hydrogen) atoms. The number of rotatable bonds is 4. The lowest BCUT2D eigenvalue weighted by atomic mass is 9.49. The standard InChI is InChI=1S/C24H25BrN2O/c25-21-8-6-20(7-9-21)22(19-4-2-1-3-5-19)26-27-23(28)24-13-16-10-17(14-24)12-18(11-16)15-24/h1-9,16-18H,10-15H2,(H,27,28)/b26-22+. The summed E-state index contributed by atoms with van der Waals surface area (Å²) in [5, 5.41) is 4.65. The van der Waals surface area contributed by atoms with Crippen molar-refractivity contribution >= 4 is 27.5 Å². The van der Waals surface area contributed by atoms with E-state index in [4.69, 9.17) is 0 Å². The molecule has 144 valence electrons. The van der Waals surface area contributed by atoms with Crippen molar-refractivity contribution in [1.29, 1.82) is 0 Å². The van der Waals surface area contributed by atoms with Gasteiger partial charge in [-0.05, 0) is 68.4 Å². The summed E-state index contributed by atoms with van der Waals surface area (Å²) in [6, 6.07) is 18.2. The molecule has 0 heterocycles. The summed E-state index contributed by atoms with van der Waals surface area (Å²) in [7, 11) is 0. The summed E-state index contributed by atoms with van der Waals surface area (Å²) >= 11 is 3.49. The molecule has 4 bridgehead atoms. The van der Waals surface area contributed by atoms with Gasteiger partial charge in [-0.15, -0.1) is 0 Å². The van der Waals surface area contributed by atoms with Gasteiger partial charge < -0.3 is 0 Å². The zero-order valence-electron chi connectivity index (χ0n) is 15.9. The number of hydrogen-bond acceptors (Lipinski definition) is 2. The summed E-state index contributed by atoms with van der Waals surface area (Å²) in [5.74, 6) is 2.39. The van der Waals surface area contributed by atoms with E-state index in [0.29, 0.717) is 0 Å². The number of benzene rings is 2. The van der Waals surface area contributed by atoms with Crippen molar-refractivity contribution < 1.29 is 4.79 Å². The number of hydrazone groups is 1. The van der Waals surface area contributed by atoms with Crippen LogP contribution in [0.4, 0.5) is 0 Å². The zero-order valence-corrected chi connectivity index (χ0v) is 17.5. The van der Waals surface area contributed by atoms with E-state index >= 15 is 0 Å². The van der Waals surface area contributed by atoms with Gasteiger partial charge in [-0.3, -0.25) is 4.79 Å². The second-order valence-corrected chi connectivity index (χ2v) is 9.89. The molecule has 2 aromatic rings. The van der Waals surface area contributed by atoms with E-state index in [1.807, 2.05) is 54.6 Å². The molecule has 4 fully saturated rings. The Morgan fingerprint density at radius 2 is 1.39 bits per heavy atom. The first-order valence-electron chi connectivity index (χ1n) is 10.3. The molecule has 6 rings (SSSR count). The van der Waals surface area contributed by atoms with Crippen LogP contribution in [0.1, 0.15) is 49.7 Å². The number of nitrogens with one attached hydrogen (secondary N) is 1. The van der Waals surface area contributed by atoms with Crippen molar-refractivity contribution in [2.24, 2.45) is 28.3 Å². The van der Waals surface area contributed by atoms with Crippen LogP contribution < -0.4 is 5.43 Å². The normalized spacial score (nSPS) is 31.0. The third-order valence-electron chi connectivity index (χ3n) is 6.95. The van der Waals surface area contributed by atoms with E-state index in [1.165, 1.54) is 19.3 Å². The summed E-state index contributed by atoms with van der Waals surface area (Å²) in [5.41, 5.74) is 5.63. The van der Waals surface area contributed by atoms with Crippen LogP contribution in [0.15, 0.2) is 64.2 Å². The van der Waals surface area contributed by atoms with Crippen molar-refractivity contribution in [2.75, 3.05) is 0 Å². The summed E-state index contributed by atoms with van der Waals surface area (Å²) in [6.45, 7) is 0. The summed E-state index contributed by atoms with van der Waals surface area (Å²) in [4.78, 5) is 13.3. The minimum absolute atomic E-state index is 0.136. The molecule has 1 amide bonds. The Balaban J connectivity index is 1.43. The Labute approximate surface area is 174 Å². The molecule has 0 saturated heterocycles. The molecule has 4 aliphatic carbocycles. The Hall–Kier alpha value is -1.94. The molecular formula is C24H25BrN2O. The Morgan fingerprint density at radius 1 is 0.857 bits per heavy atom. The third kappa shape index (κ3) is 3.32. The fourth-order valence-corrected chi connectivity index (χ4v) is 6.38. The molecule has 4 saturated carbocycles. The summed E-state index contributed by atoms with van der Waals surface area (Å²) in [6.07, 6.45) is 7.18. The van der Waals surface area contributed by atoms with Crippen LogP contribution in [0.3, 0.4) is 0 Å². The van der Waals surface area contributed by atoms with Gasteiger partial charge in [0, 0.05) is 15.6 Å². The molecule has 0 unspecified atom stereocenters. The van der Waals surface area contributed by atoms with E-state index in [9.17, 15) is 4.79 Å². The lowest BCUT2D eigenvalue weighted by Crippen LogP contribution is -2.52. The van der Waals surface area contributed by atoms with Crippen LogP contribution in [-0.2, 0) is 4.79 Å². The van der Waals surface area contributed by atoms with Gasteiger partial charge in [-0.2, -0.15) is 5.10 Å². The Morgan fingerprint density at radius 3 is 1.96 bits per heavy atom. The predicted octanol–water partition coefficient (Wildman–Crippen LogP) is 5.53. The van der Waals surface area contributed by atoms with Crippen LogP contribution in [0.25, 0.3) is 0 Å². The highest BCUT2D eigenvalue weighted by atomic mass is 79.9. The molecule has 4 aliphatic rings. The van der Waals surface area contributed by atoms with Gasteiger partial charge in [0.15, 0.2) is 0 Å². The summed E-state index contributed by atoms with van der Waals surface area (Å²) < 4.78 is 1.03. The van der Waals surface area contributed by atoms with Crippen LogP contribution in [0.5, 0.6) is 0 Å². The van der Waals surface area contributed by atoms with E-state index in [1.54, 1.807) is 0 Å². The highest BCUT2D eigenvalue weighted by Gasteiger charge is 2.54. The molecular weight excluding hydrogens is 412 g/mol. The lowest BCUT2D eigenvalue weighted by Gasteiger charge is -2.55. The average molecular weight is 437 g/mol. The van der Waals surface area contributed by atoms with Gasteiger partial charge in [0.2, 0.25) is 5.91 Å². The van der Waals surface area contributed by atoms with E-state index in [2.05, 4.69) is 26.5 Å². The maximum absolute atomic E-state index is 13.3. The number of carbonyl (C=O) groups is 1. The predicted molar refractivity (Wildman–Crippen MR) is 115 cm³/mol. The van der Waals surface area contributed by atoms with Gasteiger partial charge in [-0.1, -0.05) is 58.4 Å². The molecule has 0 atom stereocenters. The van der Waals surface area contributed by atoms with Gasteiger partial charge in [0.05, 0.1) is 11.1 Å². The maximum atomic E-state index is 13.3. The van der Waals surface area contributed by atoms with Gasteiger partial charge >= 0.3 is 0 Å². The van der Waals surface area contributed by atoms with Gasteiger partial charge in [0.25, 0.3) is 0 Å². The second-order valence-electron chi connectivity index (χ2n) is 8.97. The number of nitrogens with zero attached hydrogens (tertiary/aromatic N) is 1. The first kappa shape index (κ1) is 18.1. The number of halogens is 1. The topological polar surface area (TPSA) is 41.5 Å². The maximum Gasteiger partial charge on any atom is 0.246 e. The largest absolute Gasteiger partial charge is 0.273 e. The quantitative estimate of drug-likeness (QED) is 0.496. The zero-order chi connectivity index (χ0) is 19.1.